The minimum Gasteiger partial charge on any atom is -0.297 e. The molecule has 2 aromatic heterocycles. The summed E-state index contributed by atoms with van der Waals surface area (Å²) in [7, 11) is 0. The van der Waals surface area contributed by atoms with Crippen LogP contribution in [0.1, 0.15) is 37.3 Å². The van der Waals surface area contributed by atoms with E-state index in [-0.39, 0.29) is 0 Å². The summed E-state index contributed by atoms with van der Waals surface area (Å²) in [6.45, 7) is 0. The molecule has 0 unspecified atom stereocenters. The third-order valence-corrected chi connectivity index (χ3v) is 3.76. The minimum atomic E-state index is 0.666. The van der Waals surface area contributed by atoms with Crippen LogP contribution in [0.3, 0.4) is 0 Å². The topological polar surface area (TPSA) is 33.6 Å². The molecule has 2 aromatic rings. The fraction of sp³-hybridized carbons (Fsp3) is 0.385. The van der Waals surface area contributed by atoms with Crippen molar-refractivity contribution in [3.63, 3.8) is 0 Å². The number of nitrogens with zero attached hydrogens (tertiary/aromatic N) is 2. The van der Waals surface area contributed by atoms with Gasteiger partial charge in [-0.15, -0.1) is 0 Å². The van der Waals surface area contributed by atoms with Gasteiger partial charge < -0.3 is 0 Å². The highest BCUT2D eigenvalue weighted by molar-refractivity contribution is 7.71. The van der Waals surface area contributed by atoms with E-state index in [4.69, 9.17) is 12.2 Å². The molecule has 88 valence electrons. The Bertz CT molecular complexity index is 550. The maximum atomic E-state index is 5.40. The van der Waals surface area contributed by atoms with Crippen molar-refractivity contribution in [2.24, 2.45) is 0 Å². The molecule has 17 heavy (non-hydrogen) atoms. The molecule has 1 aliphatic carbocycles. The average molecular weight is 245 g/mol. The van der Waals surface area contributed by atoms with Crippen LogP contribution in [0.25, 0.3) is 5.69 Å². The molecule has 1 aliphatic rings. The number of nitrogens with one attached hydrogen (secondary N) is 1. The summed E-state index contributed by atoms with van der Waals surface area (Å²) in [4.78, 5) is 4.02. The van der Waals surface area contributed by atoms with E-state index in [0.29, 0.717) is 5.92 Å². The maximum absolute atomic E-state index is 5.40. The number of H-pyrrole nitrogens is 1. The van der Waals surface area contributed by atoms with Crippen molar-refractivity contribution in [3.05, 3.63) is 40.9 Å². The van der Waals surface area contributed by atoms with Crippen molar-refractivity contribution in [1.82, 2.24) is 14.8 Å². The van der Waals surface area contributed by atoms with E-state index in [0.717, 1.165) is 10.3 Å². The number of hydrogen-bond donors (Lipinski definition) is 1. The van der Waals surface area contributed by atoms with Crippen molar-refractivity contribution in [3.8, 4) is 5.69 Å². The number of rotatable bonds is 2. The molecule has 1 fully saturated rings. The van der Waals surface area contributed by atoms with Crippen LogP contribution in [0.5, 0.6) is 0 Å². The van der Waals surface area contributed by atoms with Crippen LogP contribution in [0.15, 0.2) is 30.6 Å². The van der Waals surface area contributed by atoms with Crippen molar-refractivity contribution in [2.75, 3.05) is 0 Å². The average Bonchev–Trinajstić information content (AvgIpc) is 2.99. The summed E-state index contributed by atoms with van der Waals surface area (Å²) >= 11 is 5.40. The first kappa shape index (κ1) is 10.7. The monoisotopic (exact) mass is 245 g/mol. The van der Waals surface area contributed by atoms with Gasteiger partial charge in [-0.05, 0) is 31.0 Å². The summed E-state index contributed by atoms with van der Waals surface area (Å²) in [6.07, 6.45) is 8.81. The molecule has 3 rings (SSSR count). The van der Waals surface area contributed by atoms with Crippen molar-refractivity contribution >= 4 is 12.2 Å². The van der Waals surface area contributed by atoms with Crippen LogP contribution in [0.4, 0.5) is 0 Å². The number of hydrogen-bond acceptors (Lipinski definition) is 2. The predicted molar refractivity (Wildman–Crippen MR) is 70.0 cm³/mol. The van der Waals surface area contributed by atoms with Gasteiger partial charge in [0.2, 0.25) is 0 Å². The molecule has 4 heteroatoms. The molecular weight excluding hydrogens is 230 g/mol. The van der Waals surface area contributed by atoms with Crippen LogP contribution in [0.2, 0.25) is 0 Å². The van der Waals surface area contributed by atoms with E-state index in [1.54, 1.807) is 12.4 Å². The van der Waals surface area contributed by atoms with E-state index < -0.39 is 0 Å². The van der Waals surface area contributed by atoms with Crippen LogP contribution >= 0.6 is 12.2 Å². The van der Waals surface area contributed by atoms with Gasteiger partial charge in [-0.25, -0.2) is 4.68 Å². The second-order valence-electron chi connectivity index (χ2n) is 4.57. The first-order chi connectivity index (χ1) is 8.34. The van der Waals surface area contributed by atoms with Crippen molar-refractivity contribution < 1.29 is 0 Å². The Morgan fingerprint density at radius 2 is 1.94 bits per heavy atom. The Balaban J connectivity index is 1.99. The summed E-state index contributed by atoms with van der Waals surface area (Å²) in [5.74, 6) is 0.666. The third-order valence-electron chi connectivity index (χ3n) is 3.46. The molecule has 1 N–H and O–H groups in total. The van der Waals surface area contributed by atoms with Crippen molar-refractivity contribution in [1.29, 1.82) is 0 Å². The molecule has 3 nitrogen and oxygen atoms in total. The first-order valence-corrected chi connectivity index (χ1v) is 6.48. The van der Waals surface area contributed by atoms with Crippen LogP contribution in [-0.4, -0.2) is 14.8 Å². The van der Waals surface area contributed by atoms with E-state index in [2.05, 4.69) is 16.1 Å². The Hall–Kier alpha value is -1.42. The quantitative estimate of drug-likeness (QED) is 0.820. The van der Waals surface area contributed by atoms with Gasteiger partial charge in [0.25, 0.3) is 0 Å². The molecule has 0 aliphatic heterocycles. The van der Waals surface area contributed by atoms with Gasteiger partial charge in [-0.3, -0.25) is 10.1 Å². The molecule has 0 spiro atoms. The molecule has 0 bridgehead atoms. The summed E-state index contributed by atoms with van der Waals surface area (Å²) < 4.78 is 2.81. The third kappa shape index (κ3) is 2.05. The normalized spacial score (nSPS) is 16.5. The summed E-state index contributed by atoms with van der Waals surface area (Å²) in [5, 5.41) is 3.42. The lowest BCUT2D eigenvalue weighted by molar-refractivity contribution is 0.678. The van der Waals surface area contributed by atoms with E-state index in [9.17, 15) is 0 Å². The van der Waals surface area contributed by atoms with E-state index in [1.165, 1.54) is 31.4 Å². The number of pyridine rings is 1. The lowest BCUT2D eigenvalue weighted by atomic mass is 10.1. The highest BCUT2D eigenvalue weighted by Gasteiger charge is 2.19. The van der Waals surface area contributed by atoms with Crippen LogP contribution < -0.4 is 0 Å². The maximum Gasteiger partial charge on any atom is 0.127 e. The predicted octanol–water partition coefficient (Wildman–Crippen LogP) is 3.59. The second-order valence-corrected chi connectivity index (χ2v) is 4.99. The number of aromatic amines is 1. The van der Waals surface area contributed by atoms with Crippen LogP contribution in [0, 0.1) is 4.64 Å². The summed E-state index contributed by atoms with van der Waals surface area (Å²) in [6, 6.07) is 6.03. The highest BCUT2D eigenvalue weighted by atomic mass is 32.1. The van der Waals surface area contributed by atoms with Gasteiger partial charge in [0, 0.05) is 24.0 Å². The minimum absolute atomic E-state index is 0.666. The molecule has 2 heterocycles. The van der Waals surface area contributed by atoms with Gasteiger partial charge in [0.05, 0.1) is 5.69 Å². The van der Waals surface area contributed by atoms with Gasteiger partial charge in [-0.2, -0.15) is 0 Å². The van der Waals surface area contributed by atoms with Crippen LogP contribution in [-0.2, 0) is 0 Å². The van der Waals surface area contributed by atoms with Gasteiger partial charge >= 0.3 is 0 Å². The Labute approximate surface area is 105 Å². The lowest BCUT2D eigenvalue weighted by Crippen LogP contribution is -1.99. The first-order valence-electron chi connectivity index (χ1n) is 6.07. The zero-order chi connectivity index (χ0) is 11.7. The zero-order valence-electron chi connectivity index (χ0n) is 9.60. The molecule has 0 radical (unpaired) electrons. The molecule has 0 amide bonds. The Morgan fingerprint density at radius 1 is 1.24 bits per heavy atom. The van der Waals surface area contributed by atoms with Gasteiger partial charge in [0.15, 0.2) is 0 Å². The van der Waals surface area contributed by atoms with Gasteiger partial charge in [-0.1, -0.05) is 25.1 Å². The highest BCUT2D eigenvalue weighted by Crippen LogP contribution is 2.33. The van der Waals surface area contributed by atoms with Gasteiger partial charge in [0.1, 0.15) is 4.64 Å². The fourth-order valence-corrected chi connectivity index (χ4v) is 2.82. The second kappa shape index (κ2) is 4.45. The molecular formula is C13H15N3S. The molecule has 0 atom stereocenters. The smallest absolute Gasteiger partial charge is 0.127 e. The standard InChI is InChI=1S/C13H15N3S/c17-13-9-12(10-3-1-2-4-10)15-16(13)11-5-7-14-8-6-11/h5-10,15H,1-4H2. The molecule has 0 saturated heterocycles. The zero-order valence-corrected chi connectivity index (χ0v) is 10.4. The lowest BCUT2D eigenvalue weighted by Gasteiger charge is -2.06. The SMILES string of the molecule is S=c1cc(C2CCCC2)[nH]n1-c1ccncc1. The van der Waals surface area contributed by atoms with E-state index in [1.807, 2.05) is 16.8 Å². The molecule has 0 aromatic carbocycles. The Kier molecular flexibility index (Phi) is 2.81. The van der Waals surface area contributed by atoms with E-state index >= 15 is 0 Å². The molecule has 1 saturated carbocycles. The fourth-order valence-electron chi connectivity index (χ4n) is 2.54. The van der Waals surface area contributed by atoms with Crippen molar-refractivity contribution in [2.45, 2.75) is 31.6 Å². The Morgan fingerprint density at radius 3 is 2.65 bits per heavy atom. The number of aromatic nitrogens is 3. The largest absolute Gasteiger partial charge is 0.297 e. The summed E-state index contributed by atoms with van der Waals surface area (Å²) in [5.41, 5.74) is 2.33.